The van der Waals surface area contributed by atoms with Crippen molar-refractivity contribution >= 4 is 5.82 Å². The van der Waals surface area contributed by atoms with Crippen LogP contribution in [0.4, 0.5) is 5.82 Å². The van der Waals surface area contributed by atoms with Crippen molar-refractivity contribution in [2.24, 2.45) is 0 Å². The van der Waals surface area contributed by atoms with Gasteiger partial charge in [-0.2, -0.15) is 0 Å². The van der Waals surface area contributed by atoms with E-state index >= 15 is 0 Å². The summed E-state index contributed by atoms with van der Waals surface area (Å²) in [6.45, 7) is 6.10. The second kappa shape index (κ2) is 7.28. The van der Waals surface area contributed by atoms with Crippen LogP contribution in [0.15, 0.2) is 42.6 Å². The van der Waals surface area contributed by atoms with Crippen molar-refractivity contribution in [1.82, 2.24) is 19.9 Å². The van der Waals surface area contributed by atoms with Crippen LogP contribution in [0.1, 0.15) is 43.0 Å². The second-order valence-electron chi connectivity index (χ2n) is 6.95. The minimum absolute atomic E-state index is 0.404. The average molecular weight is 347 g/mol. The lowest BCUT2D eigenvalue weighted by Gasteiger charge is -2.33. The van der Waals surface area contributed by atoms with Gasteiger partial charge in [0.1, 0.15) is 17.5 Å². The Bertz CT molecular complexity index is 871. The number of hydrogen-bond acceptors (Lipinski definition) is 4. The normalized spacial score (nSPS) is 17.5. The van der Waals surface area contributed by atoms with Gasteiger partial charge in [0.15, 0.2) is 0 Å². The number of imidazole rings is 1. The van der Waals surface area contributed by atoms with Gasteiger partial charge >= 0.3 is 0 Å². The maximum Gasteiger partial charge on any atom is 0.132 e. The molecule has 0 bridgehead atoms. The molecular formula is C21H25N5. The number of nitrogens with zero attached hydrogens (tertiary/aromatic N) is 4. The zero-order chi connectivity index (χ0) is 17.9. The number of hydrogen-bond donors (Lipinski definition) is 1. The van der Waals surface area contributed by atoms with Crippen molar-refractivity contribution in [3.8, 4) is 11.3 Å². The summed E-state index contributed by atoms with van der Waals surface area (Å²) in [5.41, 5.74) is 3.38. The molecule has 26 heavy (non-hydrogen) atoms. The van der Waals surface area contributed by atoms with Crippen molar-refractivity contribution in [3.05, 3.63) is 59.9 Å². The van der Waals surface area contributed by atoms with Gasteiger partial charge in [-0.1, -0.05) is 37.3 Å². The lowest BCUT2D eigenvalue weighted by molar-refractivity contribution is 0.491. The van der Waals surface area contributed by atoms with Crippen LogP contribution in [0, 0.1) is 6.92 Å². The van der Waals surface area contributed by atoms with Crippen LogP contribution >= 0.6 is 0 Å². The number of H-pyrrole nitrogens is 1. The molecule has 3 aromatic rings. The molecule has 1 fully saturated rings. The molecule has 1 aliphatic heterocycles. The molecule has 0 aliphatic carbocycles. The Morgan fingerprint density at radius 2 is 2.04 bits per heavy atom. The first-order valence-electron chi connectivity index (χ1n) is 9.42. The number of benzene rings is 1. The summed E-state index contributed by atoms with van der Waals surface area (Å²) in [5, 5.41) is 0. The van der Waals surface area contributed by atoms with E-state index in [4.69, 9.17) is 0 Å². The van der Waals surface area contributed by atoms with E-state index in [1.54, 1.807) is 0 Å². The number of aryl methyl sites for hydroxylation is 2. The molecule has 0 amide bonds. The van der Waals surface area contributed by atoms with Crippen LogP contribution < -0.4 is 4.90 Å². The Morgan fingerprint density at radius 1 is 1.19 bits per heavy atom. The summed E-state index contributed by atoms with van der Waals surface area (Å²) in [7, 11) is 0. The summed E-state index contributed by atoms with van der Waals surface area (Å²) >= 11 is 0. The summed E-state index contributed by atoms with van der Waals surface area (Å²) in [6.07, 6.45) is 5.19. The molecule has 5 nitrogen and oxygen atoms in total. The predicted molar refractivity (Wildman–Crippen MR) is 104 cm³/mol. The topological polar surface area (TPSA) is 57.7 Å². The Morgan fingerprint density at radius 3 is 2.85 bits per heavy atom. The molecule has 1 unspecified atom stereocenters. The van der Waals surface area contributed by atoms with E-state index in [-0.39, 0.29) is 0 Å². The van der Waals surface area contributed by atoms with Crippen LogP contribution in [0.5, 0.6) is 0 Å². The summed E-state index contributed by atoms with van der Waals surface area (Å²) in [5.74, 6) is 3.39. The summed E-state index contributed by atoms with van der Waals surface area (Å²) in [4.78, 5) is 19.8. The Kier molecular flexibility index (Phi) is 4.69. The summed E-state index contributed by atoms with van der Waals surface area (Å²) in [6, 6.07) is 12.5. The van der Waals surface area contributed by atoms with Gasteiger partial charge in [-0.25, -0.2) is 15.0 Å². The third-order valence-electron chi connectivity index (χ3n) is 5.05. The van der Waals surface area contributed by atoms with E-state index in [9.17, 15) is 0 Å². The highest BCUT2D eigenvalue weighted by molar-refractivity contribution is 5.58. The van der Waals surface area contributed by atoms with Crippen LogP contribution in [0.25, 0.3) is 11.3 Å². The van der Waals surface area contributed by atoms with Crippen molar-refractivity contribution in [2.45, 2.75) is 39.0 Å². The predicted octanol–water partition coefficient (Wildman–Crippen LogP) is 4.12. The Hall–Kier alpha value is -2.69. The molecular weight excluding hydrogens is 322 g/mol. The lowest BCUT2D eigenvalue weighted by Crippen LogP contribution is -2.35. The molecule has 0 radical (unpaired) electrons. The highest BCUT2D eigenvalue weighted by atomic mass is 15.2. The molecule has 5 heteroatoms. The maximum absolute atomic E-state index is 4.68. The third-order valence-corrected chi connectivity index (χ3v) is 5.05. The highest BCUT2D eigenvalue weighted by Gasteiger charge is 2.25. The summed E-state index contributed by atoms with van der Waals surface area (Å²) < 4.78 is 0. The standard InChI is InChI=1S/C21H25N5/c1-3-18-12-20(24-15(2)23-18)26-11-7-10-17(14-26)21-22-13-19(25-21)16-8-5-4-6-9-16/h4-6,8-9,12-13,17H,3,7,10-11,14H2,1-2H3,(H,22,25). The van der Waals surface area contributed by atoms with Crippen LogP contribution in [0.2, 0.25) is 0 Å². The average Bonchev–Trinajstić information content (AvgIpc) is 3.18. The number of nitrogens with one attached hydrogen (secondary N) is 1. The SMILES string of the molecule is CCc1cc(N2CCCC(c3ncc(-c4ccccc4)[nH]3)C2)nc(C)n1. The van der Waals surface area contributed by atoms with Crippen molar-refractivity contribution in [2.75, 3.05) is 18.0 Å². The van der Waals surface area contributed by atoms with Crippen molar-refractivity contribution in [3.63, 3.8) is 0 Å². The first-order chi connectivity index (χ1) is 12.7. The van der Waals surface area contributed by atoms with Gasteiger partial charge in [0.2, 0.25) is 0 Å². The smallest absolute Gasteiger partial charge is 0.132 e. The van der Waals surface area contributed by atoms with Crippen LogP contribution in [0.3, 0.4) is 0 Å². The van der Waals surface area contributed by atoms with Gasteiger partial charge in [-0.15, -0.1) is 0 Å². The number of aromatic nitrogens is 4. The first-order valence-corrected chi connectivity index (χ1v) is 9.42. The largest absolute Gasteiger partial charge is 0.356 e. The third kappa shape index (κ3) is 3.47. The monoisotopic (exact) mass is 347 g/mol. The molecule has 2 aromatic heterocycles. The molecule has 1 saturated heterocycles. The van der Waals surface area contributed by atoms with E-state index in [0.29, 0.717) is 5.92 Å². The van der Waals surface area contributed by atoms with Gasteiger partial charge in [-0.3, -0.25) is 0 Å². The molecule has 4 rings (SSSR count). The van der Waals surface area contributed by atoms with Crippen LogP contribution in [-0.2, 0) is 6.42 Å². The maximum atomic E-state index is 4.68. The fourth-order valence-electron chi connectivity index (χ4n) is 3.67. The van der Waals surface area contributed by atoms with E-state index < -0.39 is 0 Å². The molecule has 3 heterocycles. The number of anilines is 1. The zero-order valence-corrected chi connectivity index (χ0v) is 15.4. The number of piperidine rings is 1. The molecule has 1 aromatic carbocycles. The van der Waals surface area contributed by atoms with Gasteiger partial charge in [0.25, 0.3) is 0 Å². The minimum atomic E-state index is 0.404. The molecule has 134 valence electrons. The highest BCUT2D eigenvalue weighted by Crippen LogP contribution is 2.29. The minimum Gasteiger partial charge on any atom is -0.356 e. The first kappa shape index (κ1) is 16.8. The fraction of sp³-hybridized carbons (Fsp3) is 0.381. The van der Waals surface area contributed by atoms with Crippen molar-refractivity contribution < 1.29 is 0 Å². The Labute approximate surface area is 154 Å². The van der Waals surface area contributed by atoms with E-state index in [1.807, 2.05) is 19.2 Å². The second-order valence-corrected chi connectivity index (χ2v) is 6.95. The number of rotatable bonds is 4. The molecule has 1 atom stereocenters. The van der Waals surface area contributed by atoms with E-state index in [2.05, 4.69) is 62.1 Å². The zero-order valence-electron chi connectivity index (χ0n) is 15.4. The van der Waals surface area contributed by atoms with E-state index in [1.165, 1.54) is 5.56 Å². The van der Waals surface area contributed by atoms with Crippen LogP contribution in [-0.4, -0.2) is 33.0 Å². The lowest BCUT2D eigenvalue weighted by atomic mass is 9.97. The fourth-order valence-corrected chi connectivity index (χ4v) is 3.67. The molecule has 1 aliphatic rings. The van der Waals surface area contributed by atoms with E-state index in [0.717, 1.165) is 61.2 Å². The number of aromatic amines is 1. The van der Waals surface area contributed by atoms with Gasteiger partial charge in [0, 0.05) is 30.8 Å². The quantitative estimate of drug-likeness (QED) is 0.771. The molecule has 1 N–H and O–H groups in total. The van der Waals surface area contributed by atoms with Gasteiger partial charge in [0.05, 0.1) is 11.9 Å². The van der Waals surface area contributed by atoms with Gasteiger partial charge < -0.3 is 9.88 Å². The van der Waals surface area contributed by atoms with Gasteiger partial charge in [-0.05, 0) is 31.7 Å². The molecule has 0 saturated carbocycles. The molecule has 0 spiro atoms. The van der Waals surface area contributed by atoms with Crippen molar-refractivity contribution in [1.29, 1.82) is 0 Å². The Balaban J connectivity index is 1.54.